The number of hydrogen-bond donors (Lipinski definition) is 2. The monoisotopic (exact) mass is 301 g/mol. The van der Waals surface area contributed by atoms with Crippen LogP contribution in [0.15, 0.2) is 36.5 Å². The summed E-state index contributed by atoms with van der Waals surface area (Å²) in [6.45, 7) is 0.545. The van der Waals surface area contributed by atoms with Crippen LogP contribution in [0.1, 0.15) is 11.1 Å². The summed E-state index contributed by atoms with van der Waals surface area (Å²) in [6, 6.07) is 9.10. The molecule has 2 aromatic rings. The number of pyridine rings is 1. The Morgan fingerprint density at radius 1 is 1.32 bits per heavy atom. The molecule has 1 aromatic carbocycles. The van der Waals surface area contributed by atoms with Gasteiger partial charge in [0.05, 0.1) is 6.42 Å². The van der Waals surface area contributed by atoms with Crippen LogP contribution in [0.2, 0.25) is 0 Å². The van der Waals surface area contributed by atoms with E-state index in [4.69, 9.17) is 20.1 Å². The minimum Gasteiger partial charge on any atom is -0.473 e. The number of benzene rings is 1. The number of nitrogens with zero attached hydrogens (tertiary/aromatic N) is 1. The van der Waals surface area contributed by atoms with Gasteiger partial charge in [0.1, 0.15) is 6.61 Å². The van der Waals surface area contributed by atoms with Crippen LogP contribution in [0.4, 0.5) is 0 Å². The molecular weight excluding hydrogens is 286 g/mol. The first-order valence-electron chi connectivity index (χ1n) is 6.71. The van der Waals surface area contributed by atoms with Crippen molar-refractivity contribution in [3.05, 3.63) is 47.7 Å². The lowest BCUT2D eigenvalue weighted by Crippen LogP contribution is -2.31. The summed E-state index contributed by atoms with van der Waals surface area (Å²) in [5.74, 6) is 6.62. The average molecular weight is 301 g/mol. The zero-order valence-corrected chi connectivity index (χ0v) is 11.7. The fourth-order valence-electron chi connectivity index (χ4n) is 2.10. The predicted octanol–water partition coefficient (Wildman–Crippen LogP) is 0.922. The van der Waals surface area contributed by atoms with Crippen molar-refractivity contribution in [2.45, 2.75) is 13.0 Å². The third kappa shape index (κ3) is 3.09. The molecule has 0 saturated carbocycles. The van der Waals surface area contributed by atoms with Crippen LogP contribution in [-0.4, -0.2) is 17.7 Å². The van der Waals surface area contributed by atoms with Crippen LogP contribution >= 0.6 is 0 Å². The SMILES string of the molecule is NNC(=O)Cc1cccnc1OCc1ccc2c(c1)OCO2. The smallest absolute Gasteiger partial charge is 0.238 e. The Hall–Kier alpha value is -2.80. The van der Waals surface area contributed by atoms with Crippen LogP contribution in [0.25, 0.3) is 0 Å². The maximum atomic E-state index is 11.4. The van der Waals surface area contributed by atoms with Gasteiger partial charge in [-0.3, -0.25) is 10.2 Å². The highest BCUT2D eigenvalue weighted by molar-refractivity contribution is 5.78. The number of carbonyl (C=O) groups excluding carboxylic acids is 1. The molecule has 0 fully saturated rings. The van der Waals surface area contributed by atoms with E-state index in [-0.39, 0.29) is 19.1 Å². The van der Waals surface area contributed by atoms with Gasteiger partial charge in [-0.25, -0.2) is 10.8 Å². The van der Waals surface area contributed by atoms with Crippen molar-refractivity contribution >= 4 is 5.91 Å². The molecule has 0 unspecified atom stereocenters. The number of nitrogens with one attached hydrogen (secondary N) is 1. The number of nitrogens with two attached hydrogens (primary N) is 1. The molecule has 0 bridgehead atoms. The van der Waals surface area contributed by atoms with E-state index in [0.717, 1.165) is 11.3 Å². The Morgan fingerprint density at radius 3 is 3.05 bits per heavy atom. The Labute approximate surface area is 127 Å². The van der Waals surface area contributed by atoms with Gasteiger partial charge in [-0.1, -0.05) is 12.1 Å². The van der Waals surface area contributed by atoms with E-state index in [1.54, 1.807) is 18.3 Å². The number of hydrazine groups is 1. The Balaban J connectivity index is 1.70. The summed E-state index contributed by atoms with van der Waals surface area (Å²) in [5.41, 5.74) is 3.68. The largest absolute Gasteiger partial charge is 0.473 e. The van der Waals surface area contributed by atoms with Gasteiger partial charge in [-0.05, 0) is 23.8 Å². The van der Waals surface area contributed by atoms with Crippen molar-refractivity contribution in [3.63, 3.8) is 0 Å². The molecule has 0 aliphatic carbocycles. The standard InChI is InChI=1S/C15H15N3O4/c16-18-14(19)7-11-2-1-5-17-15(11)20-8-10-3-4-12-13(6-10)22-9-21-12/h1-6H,7-9,16H2,(H,18,19). The van der Waals surface area contributed by atoms with Gasteiger partial charge >= 0.3 is 0 Å². The number of fused-ring (bicyclic) bond motifs is 1. The van der Waals surface area contributed by atoms with E-state index in [9.17, 15) is 4.79 Å². The number of carbonyl (C=O) groups is 1. The lowest BCUT2D eigenvalue weighted by molar-refractivity contribution is -0.120. The maximum Gasteiger partial charge on any atom is 0.238 e. The molecule has 7 heteroatoms. The summed E-state index contributed by atoms with van der Waals surface area (Å²) in [4.78, 5) is 15.5. The molecule has 0 atom stereocenters. The molecule has 0 saturated heterocycles. The number of ether oxygens (including phenoxy) is 3. The molecule has 3 rings (SSSR count). The van der Waals surface area contributed by atoms with Gasteiger partial charge in [0.25, 0.3) is 0 Å². The second-order valence-corrected chi connectivity index (χ2v) is 4.69. The van der Waals surface area contributed by atoms with Gasteiger partial charge in [-0.15, -0.1) is 0 Å². The predicted molar refractivity (Wildman–Crippen MR) is 77.2 cm³/mol. The second-order valence-electron chi connectivity index (χ2n) is 4.69. The van der Waals surface area contributed by atoms with E-state index in [2.05, 4.69) is 10.4 Å². The van der Waals surface area contributed by atoms with E-state index >= 15 is 0 Å². The summed E-state index contributed by atoms with van der Waals surface area (Å²) in [6.07, 6.45) is 1.72. The molecular formula is C15H15N3O4. The first kappa shape index (κ1) is 14.2. The van der Waals surface area contributed by atoms with Crippen molar-refractivity contribution in [3.8, 4) is 17.4 Å². The first-order valence-corrected chi connectivity index (χ1v) is 6.71. The van der Waals surface area contributed by atoms with Gasteiger partial charge in [0.15, 0.2) is 11.5 Å². The van der Waals surface area contributed by atoms with E-state index < -0.39 is 0 Å². The van der Waals surface area contributed by atoms with E-state index in [1.807, 2.05) is 18.2 Å². The van der Waals surface area contributed by atoms with Crippen LogP contribution in [0.3, 0.4) is 0 Å². The van der Waals surface area contributed by atoms with Gasteiger partial charge in [0.2, 0.25) is 18.6 Å². The van der Waals surface area contributed by atoms with Crippen molar-refractivity contribution in [1.29, 1.82) is 0 Å². The van der Waals surface area contributed by atoms with Crippen LogP contribution in [0, 0.1) is 0 Å². The molecule has 0 radical (unpaired) electrons. The first-order chi connectivity index (χ1) is 10.8. The van der Waals surface area contributed by atoms with Crippen LogP contribution < -0.4 is 25.5 Å². The number of aromatic nitrogens is 1. The van der Waals surface area contributed by atoms with E-state index in [0.29, 0.717) is 23.8 Å². The lowest BCUT2D eigenvalue weighted by atomic mass is 10.2. The molecule has 1 aliphatic rings. The zero-order chi connectivity index (χ0) is 15.4. The average Bonchev–Trinajstić information content (AvgIpc) is 3.01. The quantitative estimate of drug-likeness (QED) is 0.484. The van der Waals surface area contributed by atoms with Gasteiger partial charge in [-0.2, -0.15) is 0 Å². The highest BCUT2D eigenvalue weighted by Crippen LogP contribution is 2.32. The summed E-state index contributed by atoms with van der Waals surface area (Å²) in [5, 5.41) is 0. The van der Waals surface area contributed by atoms with Gasteiger partial charge < -0.3 is 14.2 Å². The number of rotatable bonds is 5. The second kappa shape index (κ2) is 6.31. The van der Waals surface area contributed by atoms with Crippen LogP contribution in [0.5, 0.6) is 17.4 Å². The third-order valence-electron chi connectivity index (χ3n) is 3.17. The summed E-state index contributed by atoms with van der Waals surface area (Å²) >= 11 is 0. The third-order valence-corrected chi connectivity index (χ3v) is 3.17. The lowest BCUT2D eigenvalue weighted by Gasteiger charge is -2.10. The molecule has 22 heavy (non-hydrogen) atoms. The van der Waals surface area contributed by atoms with Gasteiger partial charge in [0, 0.05) is 11.8 Å². The molecule has 1 amide bonds. The topological polar surface area (TPSA) is 95.7 Å². The van der Waals surface area contributed by atoms with Crippen LogP contribution in [-0.2, 0) is 17.8 Å². The van der Waals surface area contributed by atoms with E-state index in [1.165, 1.54) is 0 Å². The molecule has 3 N–H and O–H groups in total. The van der Waals surface area contributed by atoms with Crippen molar-refractivity contribution < 1.29 is 19.0 Å². The summed E-state index contributed by atoms with van der Waals surface area (Å²) in [7, 11) is 0. The minimum atomic E-state index is -0.305. The maximum absolute atomic E-state index is 11.4. The molecule has 7 nitrogen and oxygen atoms in total. The van der Waals surface area contributed by atoms with Crippen molar-refractivity contribution in [2.75, 3.05) is 6.79 Å². The molecule has 114 valence electrons. The summed E-state index contributed by atoms with van der Waals surface area (Å²) < 4.78 is 16.3. The number of amides is 1. The highest BCUT2D eigenvalue weighted by Gasteiger charge is 2.14. The zero-order valence-electron chi connectivity index (χ0n) is 11.7. The molecule has 1 aromatic heterocycles. The van der Waals surface area contributed by atoms with Crippen molar-refractivity contribution in [1.82, 2.24) is 10.4 Å². The fourth-order valence-corrected chi connectivity index (χ4v) is 2.10. The minimum absolute atomic E-state index is 0.112. The fraction of sp³-hybridized carbons (Fsp3) is 0.200. The molecule has 1 aliphatic heterocycles. The highest BCUT2D eigenvalue weighted by atomic mass is 16.7. The number of hydrogen-bond acceptors (Lipinski definition) is 6. The molecule has 0 spiro atoms. The van der Waals surface area contributed by atoms with Crippen molar-refractivity contribution in [2.24, 2.45) is 5.84 Å². The molecule has 2 heterocycles. The Bertz CT molecular complexity index is 690. The Kier molecular flexibility index (Phi) is 4.06. The normalized spacial score (nSPS) is 12.0. The Morgan fingerprint density at radius 2 is 2.18 bits per heavy atom.